The molecule has 0 spiro atoms. The number of aryl methyl sites for hydroxylation is 1. The molecule has 0 aromatic heterocycles. The normalized spacial score (nSPS) is 14.7. The number of halogens is 1. The summed E-state index contributed by atoms with van der Waals surface area (Å²) in [5.41, 5.74) is 0.926. The summed E-state index contributed by atoms with van der Waals surface area (Å²) in [4.78, 5) is 0. The van der Waals surface area contributed by atoms with E-state index in [1.807, 2.05) is 6.92 Å². The van der Waals surface area contributed by atoms with E-state index in [4.69, 9.17) is 11.6 Å². The quantitative estimate of drug-likeness (QED) is 0.776. The largest absolute Gasteiger partial charge is 0.457 e. The van der Waals surface area contributed by atoms with E-state index in [-0.39, 0.29) is 17.8 Å². The van der Waals surface area contributed by atoms with Gasteiger partial charge in [0.2, 0.25) is 0 Å². The van der Waals surface area contributed by atoms with Crippen molar-refractivity contribution in [2.24, 2.45) is 0 Å². The Morgan fingerprint density at radius 1 is 1.13 bits per heavy atom. The molecule has 0 N–H and O–H groups in total. The van der Waals surface area contributed by atoms with E-state index in [0.717, 1.165) is 10.0 Å². The Hall–Kier alpha value is -1.28. The first kappa shape index (κ1) is 5.71. The van der Waals surface area contributed by atoms with Crippen LogP contribution in [0.3, 0.4) is 0 Å². The number of benzene rings is 2. The second-order valence-electron chi connectivity index (χ2n) is 2.97. The van der Waals surface area contributed by atoms with E-state index in [2.05, 4.69) is 15.9 Å². The zero-order valence-electron chi connectivity index (χ0n) is 13.0. The summed E-state index contributed by atoms with van der Waals surface area (Å²) in [6.07, 6.45) is 0. The highest BCUT2D eigenvalue weighted by atomic mass is 79.9. The van der Waals surface area contributed by atoms with Gasteiger partial charge in [-0.1, -0.05) is 34.1 Å². The average Bonchev–Trinajstić information content (AvgIpc) is 2.43. The Morgan fingerprint density at radius 3 is 2.53 bits per heavy atom. The molecule has 0 amide bonds. The van der Waals surface area contributed by atoms with Gasteiger partial charge in [-0.15, -0.1) is 0 Å². The van der Waals surface area contributed by atoms with E-state index in [1.165, 1.54) is 0 Å². The predicted molar refractivity (Wildman–Crippen MR) is 65.4 cm³/mol. The van der Waals surface area contributed by atoms with Crippen molar-refractivity contribution in [3.63, 3.8) is 0 Å². The number of rotatable bonds is 2. The van der Waals surface area contributed by atoms with Crippen LogP contribution in [-0.2, 0) is 0 Å². The van der Waals surface area contributed by atoms with Crippen molar-refractivity contribution in [1.82, 2.24) is 0 Å². The molecule has 2 aromatic rings. The van der Waals surface area contributed by atoms with Crippen molar-refractivity contribution in [3.8, 4) is 11.5 Å². The molecule has 0 aliphatic rings. The highest BCUT2D eigenvalue weighted by Crippen LogP contribution is 2.25. The molecule has 1 nitrogen and oxygen atoms in total. The summed E-state index contributed by atoms with van der Waals surface area (Å²) in [6.45, 7) is 1.87. The Balaban J connectivity index is 2.51. The maximum Gasteiger partial charge on any atom is 0.127 e. The van der Waals surface area contributed by atoms with Crippen molar-refractivity contribution < 1.29 is 11.6 Å². The van der Waals surface area contributed by atoms with E-state index >= 15 is 0 Å². The molecule has 0 bridgehead atoms. The lowest BCUT2D eigenvalue weighted by Crippen LogP contribution is -1.84. The van der Waals surface area contributed by atoms with Crippen LogP contribution in [0.5, 0.6) is 11.5 Å². The van der Waals surface area contributed by atoms with Gasteiger partial charge in [0.1, 0.15) is 11.5 Å². The fourth-order valence-corrected chi connectivity index (χ4v) is 1.33. The lowest BCUT2D eigenvalue weighted by Gasteiger charge is -2.06. The number of hydrogen-bond donors (Lipinski definition) is 0. The molecular formula is C13H11BrO. The monoisotopic (exact) mass is 267 g/mol. The van der Waals surface area contributed by atoms with Gasteiger partial charge in [-0.3, -0.25) is 0 Å². The molecule has 0 unspecified atom stereocenters. The van der Waals surface area contributed by atoms with Crippen LogP contribution < -0.4 is 4.74 Å². The van der Waals surface area contributed by atoms with Gasteiger partial charge < -0.3 is 4.74 Å². The molecule has 2 heteroatoms. The molecule has 0 atom stereocenters. The number of para-hydroxylation sites is 1. The molecule has 76 valence electrons. The van der Waals surface area contributed by atoms with Crippen LogP contribution in [0.4, 0.5) is 0 Å². The Bertz CT molecular complexity index is 658. The van der Waals surface area contributed by atoms with Crippen molar-refractivity contribution in [2.45, 2.75) is 6.92 Å². The van der Waals surface area contributed by atoms with Crippen molar-refractivity contribution in [2.75, 3.05) is 0 Å². The maximum absolute atomic E-state index is 7.77. The van der Waals surface area contributed by atoms with E-state index in [1.54, 1.807) is 18.2 Å². The van der Waals surface area contributed by atoms with Gasteiger partial charge in [0.15, 0.2) is 0 Å². The van der Waals surface area contributed by atoms with Crippen molar-refractivity contribution in [1.29, 1.82) is 0 Å². The molecule has 0 saturated carbocycles. The third-order valence-electron chi connectivity index (χ3n) is 1.83. The van der Waals surface area contributed by atoms with Crippen molar-refractivity contribution in [3.05, 3.63) is 58.4 Å². The Kier molecular flexibility index (Phi) is 1.71. The first-order chi connectivity index (χ1) is 9.32. The van der Waals surface area contributed by atoms with Gasteiger partial charge in [0.25, 0.3) is 0 Å². The first-order valence-corrected chi connectivity index (χ1v) is 5.13. The second kappa shape index (κ2) is 4.49. The molecule has 2 aromatic carbocycles. The molecular weight excluding hydrogens is 252 g/mol. The summed E-state index contributed by atoms with van der Waals surface area (Å²) in [6, 6.07) is 3.22. The number of hydrogen-bond acceptors (Lipinski definition) is 1. The van der Waals surface area contributed by atoms with E-state index in [0.29, 0.717) is 5.75 Å². The lowest BCUT2D eigenvalue weighted by molar-refractivity contribution is 0.482. The molecule has 0 saturated heterocycles. The van der Waals surface area contributed by atoms with Crippen LogP contribution >= 0.6 is 15.9 Å². The standard InChI is InChI=1S/C13H11BrO/c1-10-9-12(7-8-13(10)14)15-11-5-3-2-4-6-11/h2-9H,1H3/i2D,3D,4D,5D,6D. The molecule has 0 radical (unpaired) electrons. The van der Waals surface area contributed by atoms with Gasteiger partial charge >= 0.3 is 0 Å². The molecule has 0 heterocycles. The maximum atomic E-state index is 7.77. The summed E-state index contributed by atoms with van der Waals surface area (Å²) in [5, 5.41) is 0. The molecule has 0 aliphatic carbocycles. The fraction of sp³-hybridized carbons (Fsp3) is 0.0769. The van der Waals surface area contributed by atoms with Crippen LogP contribution in [0.1, 0.15) is 12.4 Å². The zero-order chi connectivity index (χ0) is 15.0. The minimum atomic E-state index is -0.431. The van der Waals surface area contributed by atoms with Crippen LogP contribution in [0.15, 0.2) is 52.9 Å². The fourth-order valence-electron chi connectivity index (χ4n) is 1.09. The lowest BCUT2D eigenvalue weighted by atomic mass is 10.2. The van der Waals surface area contributed by atoms with Crippen molar-refractivity contribution >= 4 is 15.9 Å². The van der Waals surface area contributed by atoms with Gasteiger partial charge in [-0.25, -0.2) is 0 Å². The topological polar surface area (TPSA) is 9.23 Å². The minimum absolute atomic E-state index is 0.169. The minimum Gasteiger partial charge on any atom is -0.457 e. The van der Waals surface area contributed by atoms with Crippen LogP contribution in [0, 0.1) is 6.92 Å². The molecule has 0 aliphatic heterocycles. The second-order valence-corrected chi connectivity index (χ2v) is 3.82. The highest BCUT2D eigenvalue weighted by molar-refractivity contribution is 9.10. The van der Waals surface area contributed by atoms with E-state index in [9.17, 15) is 0 Å². The van der Waals surface area contributed by atoms with Gasteiger partial charge in [-0.05, 0) is 42.8 Å². The third kappa shape index (κ3) is 2.60. The smallest absolute Gasteiger partial charge is 0.127 e. The van der Waals surface area contributed by atoms with Crippen LogP contribution in [-0.4, -0.2) is 0 Å². The molecule has 0 fully saturated rings. The SMILES string of the molecule is [2H]c1c([2H])c([2H])c(Oc2ccc(Br)c(C)c2)c([2H])c1[2H]. The average molecular weight is 268 g/mol. The van der Waals surface area contributed by atoms with Gasteiger partial charge in [-0.2, -0.15) is 0 Å². The summed E-state index contributed by atoms with van der Waals surface area (Å²) >= 11 is 3.36. The third-order valence-corrected chi connectivity index (χ3v) is 2.72. The van der Waals surface area contributed by atoms with Crippen LogP contribution in [0.25, 0.3) is 0 Å². The van der Waals surface area contributed by atoms with Gasteiger partial charge in [0, 0.05) is 4.47 Å². The Morgan fingerprint density at radius 2 is 1.87 bits per heavy atom. The van der Waals surface area contributed by atoms with Gasteiger partial charge in [0.05, 0.1) is 6.85 Å². The molecule has 15 heavy (non-hydrogen) atoms. The predicted octanol–water partition coefficient (Wildman–Crippen LogP) is 4.55. The van der Waals surface area contributed by atoms with E-state index < -0.39 is 18.1 Å². The Labute approximate surface area is 105 Å². The highest BCUT2D eigenvalue weighted by Gasteiger charge is 1.99. The first-order valence-electron chi connectivity index (χ1n) is 6.84. The summed E-state index contributed by atoms with van der Waals surface area (Å²) in [7, 11) is 0. The summed E-state index contributed by atoms with van der Waals surface area (Å²) in [5.74, 6) is 0.252. The summed E-state index contributed by atoms with van der Waals surface area (Å²) < 4.78 is 44.6. The van der Waals surface area contributed by atoms with Crippen LogP contribution in [0.2, 0.25) is 0 Å². The zero-order valence-corrected chi connectivity index (χ0v) is 9.60. The number of ether oxygens (including phenoxy) is 1. The molecule has 2 rings (SSSR count).